The fourth-order valence-electron chi connectivity index (χ4n) is 4.02. The summed E-state index contributed by atoms with van der Waals surface area (Å²) in [5.41, 5.74) is 3.63. The van der Waals surface area contributed by atoms with Crippen molar-refractivity contribution in [2.45, 2.75) is 6.92 Å². The first-order valence-corrected chi connectivity index (χ1v) is 12.6. The molecular weight excluding hydrogens is 542 g/mol. The molecule has 0 fully saturated rings. The minimum absolute atomic E-state index is 0.0249. The van der Waals surface area contributed by atoms with Gasteiger partial charge in [0, 0.05) is 34.6 Å². The van der Waals surface area contributed by atoms with E-state index in [2.05, 4.69) is 15.9 Å². The van der Waals surface area contributed by atoms with Crippen LogP contribution in [0.1, 0.15) is 5.69 Å². The van der Waals surface area contributed by atoms with Gasteiger partial charge in [0.25, 0.3) is 11.2 Å². The first-order valence-electron chi connectivity index (χ1n) is 10.9. The molecule has 0 aliphatic heterocycles. The van der Waals surface area contributed by atoms with Crippen molar-refractivity contribution in [1.82, 2.24) is 13.9 Å². The zero-order valence-corrected chi connectivity index (χ0v) is 21.7. The minimum atomic E-state index is -0.427. The lowest BCUT2D eigenvalue weighted by Crippen LogP contribution is -2.24. The van der Waals surface area contributed by atoms with Crippen molar-refractivity contribution in [3.8, 4) is 22.6 Å². The van der Waals surface area contributed by atoms with Gasteiger partial charge in [0.15, 0.2) is 4.80 Å². The third kappa shape index (κ3) is 4.25. The molecule has 3 aromatic carbocycles. The first kappa shape index (κ1) is 23.7. The van der Waals surface area contributed by atoms with Gasteiger partial charge in [-0.25, -0.2) is 9.67 Å². The molecule has 2 heterocycles. The number of hydrogen-bond acceptors (Lipinski definition) is 5. The van der Waals surface area contributed by atoms with E-state index in [4.69, 9.17) is 4.99 Å². The number of nitro groups is 1. The molecule has 0 radical (unpaired) electrons. The standard InChI is InChI=1S/C26H20BrN5O3S/c1-17-24(25(33)31(29(17)2)21-8-4-3-5-9-21)30-23(18-7-6-10-22(15-18)32(34)35)16-36-26(30)28-20-13-11-19(27)12-14-20/h3-16H,1-2H3. The summed E-state index contributed by atoms with van der Waals surface area (Å²) >= 11 is 4.81. The van der Waals surface area contributed by atoms with Gasteiger partial charge in [-0.15, -0.1) is 11.3 Å². The van der Waals surface area contributed by atoms with Crippen molar-refractivity contribution in [3.05, 3.63) is 120 Å². The molecule has 180 valence electrons. The van der Waals surface area contributed by atoms with E-state index in [1.807, 2.05) is 73.9 Å². The topological polar surface area (TPSA) is 87.4 Å². The molecule has 0 aliphatic rings. The van der Waals surface area contributed by atoms with E-state index in [-0.39, 0.29) is 11.2 Å². The molecule has 0 saturated heterocycles. The lowest BCUT2D eigenvalue weighted by molar-refractivity contribution is -0.384. The van der Waals surface area contributed by atoms with E-state index in [0.29, 0.717) is 21.7 Å². The Bertz CT molecular complexity index is 1710. The van der Waals surface area contributed by atoms with Gasteiger partial charge in [-0.2, -0.15) is 0 Å². The van der Waals surface area contributed by atoms with Gasteiger partial charge in [-0.05, 0) is 43.3 Å². The Morgan fingerprint density at radius 2 is 1.72 bits per heavy atom. The normalized spacial score (nSPS) is 11.7. The molecule has 0 atom stereocenters. The van der Waals surface area contributed by atoms with Crippen LogP contribution < -0.4 is 10.4 Å². The smallest absolute Gasteiger partial charge is 0.283 e. The highest BCUT2D eigenvalue weighted by atomic mass is 79.9. The monoisotopic (exact) mass is 561 g/mol. The molecule has 36 heavy (non-hydrogen) atoms. The van der Waals surface area contributed by atoms with Crippen LogP contribution in [0.3, 0.4) is 0 Å². The van der Waals surface area contributed by atoms with Gasteiger partial charge in [-0.1, -0.05) is 46.3 Å². The number of non-ortho nitro benzene ring substituents is 1. The Morgan fingerprint density at radius 3 is 2.42 bits per heavy atom. The zero-order valence-electron chi connectivity index (χ0n) is 19.3. The van der Waals surface area contributed by atoms with Crippen molar-refractivity contribution in [3.63, 3.8) is 0 Å². The number of aromatic nitrogens is 3. The highest BCUT2D eigenvalue weighted by Crippen LogP contribution is 2.28. The van der Waals surface area contributed by atoms with Crippen LogP contribution in [-0.2, 0) is 7.05 Å². The number of para-hydroxylation sites is 1. The second-order valence-electron chi connectivity index (χ2n) is 8.04. The van der Waals surface area contributed by atoms with Crippen LogP contribution in [0.2, 0.25) is 0 Å². The molecule has 8 nitrogen and oxygen atoms in total. The van der Waals surface area contributed by atoms with Gasteiger partial charge in [0.1, 0.15) is 5.69 Å². The van der Waals surface area contributed by atoms with E-state index in [0.717, 1.165) is 21.5 Å². The number of nitro benzene ring substituents is 1. The predicted molar refractivity (Wildman–Crippen MR) is 144 cm³/mol. The zero-order chi connectivity index (χ0) is 25.4. The maximum absolute atomic E-state index is 13.9. The summed E-state index contributed by atoms with van der Waals surface area (Å²) in [6, 6.07) is 23.3. The van der Waals surface area contributed by atoms with E-state index in [1.54, 1.807) is 26.1 Å². The Morgan fingerprint density at radius 1 is 1.00 bits per heavy atom. The number of benzene rings is 3. The third-order valence-corrected chi connectivity index (χ3v) is 7.21. The Kier molecular flexibility index (Phi) is 6.29. The molecule has 2 aromatic heterocycles. The summed E-state index contributed by atoms with van der Waals surface area (Å²) in [5, 5.41) is 13.3. The van der Waals surface area contributed by atoms with Gasteiger partial charge in [0.05, 0.1) is 27.7 Å². The second-order valence-corrected chi connectivity index (χ2v) is 9.80. The van der Waals surface area contributed by atoms with Gasteiger partial charge in [0.2, 0.25) is 0 Å². The van der Waals surface area contributed by atoms with Crippen LogP contribution in [0.25, 0.3) is 22.6 Å². The van der Waals surface area contributed by atoms with Crippen LogP contribution in [0.4, 0.5) is 11.4 Å². The fraction of sp³-hybridized carbons (Fsp3) is 0.0769. The van der Waals surface area contributed by atoms with Crippen LogP contribution >= 0.6 is 27.3 Å². The molecule has 0 bridgehead atoms. The van der Waals surface area contributed by atoms with Crippen molar-refractivity contribution in [2.75, 3.05) is 0 Å². The van der Waals surface area contributed by atoms with Crippen molar-refractivity contribution >= 4 is 38.6 Å². The maximum atomic E-state index is 13.9. The SMILES string of the molecule is Cc1c(-n2c(-c3cccc([N+](=O)[O-])c3)csc2=Nc2ccc(Br)cc2)c(=O)n(-c2ccccc2)n1C. The molecule has 0 spiro atoms. The van der Waals surface area contributed by atoms with Crippen LogP contribution in [-0.4, -0.2) is 18.9 Å². The van der Waals surface area contributed by atoms with Crippen molar-refractivity contribution in [2.24, 2.45) is 12.0 Å². The highest BCUT2D eigenvalue weighted by Gasteiger charge is 2.22. The van der Waals surface area contributed by atoms with Crippen LogP contribution in [0, 0.1) is 17.0 Å². The molecule has 0 aliphatic carbocycles. The van der Waals surface area contributed by atoms with E-state index in [1.165, 1.54) is 23.5 Å². The number of halogens is 1. The molecule has 0 saturated carbocycles. The van der Waals surface area contributed by atoms with E-state index in [9.17, 15) is 14.9 Å². The van der Waals surface area contributed by atoms with E-state index < -0.39 is 4.92 Å². The summed E-state index contributed by atoms with van der Waals surface area (Å²) in [6.45, 7) is 1.88. The average Bonchev–Trinajstić information content (AvgIpc) is 3.38. The number of nitrogens with zero attached hydrogens (tertiary/aromatic N) is 5. The quantitative estimate of drug-likeness (QED) is 0.197. The fourth-order valence-corrected chi connectivity index (χ4v) is 5.20. The van der Waals surface area contributed by atoms with Gasteiger partial charge in [-0.3, -0.25) is 24.2 Å². The Hall–Kier alpha value is -4.02. The van der Waals surface area contributed by atoms with Gasteiger partial charge < -0.3 is 0 Å². The van der Waals surface area contributed by atoms with Crippen molar-refractivity contribution < 1.29 is 4.92 Å². The molecule has 0 unspecified atom stereocenters. The average molecular weight is 562 g/mol. The summed E-state index contributed by atoms with van der Waals surface area (Å²) in [4.78, 5) is 30.3. The lowest BCUT2D eigenvalue weighted by atomic mass is 10.1. The van der Waals surface area contributed by atoms with Crippen LogP contribution in [0.15, 0.2) is 98.5 Å². The number of thiazole rings is 1. The maximum Gasteiger partial charge on any atom is 0.296 e. The molecule has 0 amide bonds. The second kappa shape index (κ2) is 9.56. The Labute approximate surface area is 218 Å². The molecular formula is C26H20BrN5O3S. The molecule has 0 N–H and O–H groups in total. The first-order chi connectivity index (χ1) is 17.3. The molecule has 10 heteroatoms. The number of rotatable bonds is 5. The van der Waals surface area contributed by atoms with Gasteiger partial charge >= 0.3 is 0 Å². The summed E-state index contributed by atoms with van der Waals surface area (Å²) in [6.07, 6.45) is 0. The predicted octanol–water partition coefficient (Wildman–Crippen LogP) is 5.91. The molecule has 5 aromatic rings. The summed E-state index contributed by atoms with van der Waals surface area (Å²) in [7, 11) is 1.83. The number of hydrogen-bond donors (Lipinski definition) is 0. The Balaban J connectivity index is 1.82. The highest BCUT2D eigenvalue weighted by molar-refractivity contribution is 9.10. The largest absolute Gasteiger partial charge is 0.296 e. The molecule has 5 rings (SSSR count). The van der Waals surface area contributed by atoms with E-state index >= 15 is 0 Å². The lowest BCUT2D eigenvalue weighted by Gasteiger charge is -2.08. The van der Waals surface area contributed by atoms with Crippen molar-refractivity contribution in [1.29, 1.82) is 0 Å². The third-order valence-electron chi connectivity index (χ3n) is 5.86. The minimum Gasteiger partial charge on any atom is -0.283 e. The summed E-state index contributed by atoms with van der Waals surface area (Å²) in [5.74, 6) is 0. The summed E-state index contributed by atoms with van der Waals surface area (Å²) < 4.78 is 6.14. The van der Waals surface area contributed by atoms with Crippen LogP contribution in [0.5, 0.6) is 0 Å².